The molecule has 6 nitrogen and oxygen atoms in total. The number of rotatable bonds is 6. The van der Waals surface area contributed by atoms with Gasteiger partial charge >= 0.3 is 0 Å². The SMILES string of the molecule is Cc1ncc(-c2ccc3cnc(CC(=O)CN4CCN(C5CC5)CC4)cc3c2)n1C. The number of ketones is 1. The highest BCUT2D eigenvalue weighted by Crippen LogP contribution is 2.27. The lowest BCUT2D eigenvalue weighted by molar-refractivity contribution is -0.120. The van der Waals surface area contributed by atoms with Crippen molar-refractivity contribution in [3.63, 3.8) is 0 Å². The number of benzene rings is 1. The first-order chi connectivity index (χ1) is 14.6. The number of pyridine rings is 1. The number of piperazine rings is 1. The van der Waals surface area contributed by atoms with E-state index in [0.29, 0.717) is 13.0 Å². The van der Waals surface area contributed by atoms with Gasteiger partial charge in [-0.2, -0.15) is 0 Å². The Morgan fingerprint density at radius 1 is 1.03 bits per heavy atom. The topological polar surface area (TPSA) is 54.3 Å². The number of imidazole rings is 1. The number of aromatic nitrogens is 3. The Bertz CT molecular complexity index is 1080. The average molecular weight is 404 g/mol. The van der Waals surface area contributed by atoms with Gasteiger partial charge in [0.2, 0.25) is 0 Å². The van der Waals surface area contributed by atoms with E-state index in [0.717, 1.165) is 65.8 Å². The first-order valence-corrected chi connectivity index (χ1v) is 10.9. The summed E-state index contributed by atoms with van der Waals surface area (Å²) < 4.78 is 2.09. The third kappa shape index (κ3) is 4.02. The number of aryl methyl sites for hydroxylation is 1. The van der Waals surface area contributed by atoms with Crippen molar-refractivity contribution in [2.75, 3.05) is 32.7 Å². The Morgan fingerprint density at radius 2 is 1.83 bits per heavy atom. The number of hydrogen-bond donors (Lipinski definition) is 0. The lowest BCUT2D eigenvalue weighted by Gasteiger charge is -2.34. The third-order valence-electron chi connectivity index (χ3n) is 6.54. The van der Waals surface area contributed by atoms with E-state index in [2.05, 4.69) is 48.6 Å². The standard InChI is InChI=1S/C24H29N5O/c1-17-25-15-24(27(17)2)18-3-4-19-14-26-21(12-20(19)11-18)13-23(30)16-28-7-9-29(10-8-28)22-5-6-22/h3-4,11-12,14-15,22H,5-10,13,16H2,1-2H3. The second-order valence-corrected chi connectivity index (χ2v) is 8.75. The summed E-state index contributed by atoms with van der Waals surface area (Å²) in [5.41, 5.74) is 3.07. The Morgan fingerprint density at radius 3 is 2.53 bits per heavy atom. The van der Waals surface area contributed by atoms with Crippen LogP contribution in [0, 0.1) is 6.92 Å². The van der Waals surface area contributed by atoms with E-state index in [9.17, 15) is 4.79 Å². The van der Waals surface area contributed by atoms with Gasteiger partial charge in [-0.3, -0.25) is 19.6 Å². The Balaban J connectivity index is 1.26. The maximum atomic E-state index is 12.7. The van der Waals surface area contributed by atoms with E-state index in [1.165, 1.54) is 12.8 Å². The summed E-state index contributed by atoms with van der Waals surface area (Å²) in [6, 6.07) is 9.24. The fraction of sp³-hybridized carbons (Fsp3) is 0.458. The van der Waals surface area contributed by atoms with Crippen LogP contribution in [0.2, 0.25) is 0 Å². The number of carbonyl (C=O) groups is 1. The van der Waals surface area contributed by atoms with Crippen LogP contribution in [0.3, 0.4) is 0 Å². The van der Waals surface area contributed by atoms with Crippen molar-refractivity contribution in [2.45, 2.75) is 32.2 Å². The van der Waals surface area contributed by atoms with Crippen molar-refractivity contribution in [1.82, 2.24) is 24.3 Å². The molecule has 2 aromatic heterocycles. The van der Waals surface area contributed by atoms with Gasteiger partial charge in [-0.25, -0.2) is 4.98 Å². The van der Waals surface area contributed by atoms with Gasteiger partial charge in [0.05, 0.1) is 24.9 Å². The summed E-state index contributed by atoms with van der Waals surface area (Å²) in [7, 11) is 2.03. The van der Waals surface area contributed by atoms with Crippen LogP contribution in [0.1, 0.15) is 24.4 Å². The van der Waals surface area contributed by atoms with Gasteiger partial charge in [0, 0.05) is 62.1 Å². The van der Waals surface area contributed by atoms with Crippen LogP contribution >= 0.6 is 0 Å². The number of carbonyl (C=O) groups excluding carboxylic acids is 1. The summed E-state index contributed by atoms with van der Waals surface area (Å²) in [5, 5.41) is 2.20. The first kappa shape index (κ1) is 19.4. The van der Waals surface area contributed by atoms with Gasteiger partial charge in [0.25, 0.3) is 0 Å². The van der Waals surface area contributed by atoms with Crippen LogP contribution in [-0.4, -0.2) is 68.9 Å². The molecule has 5 rings (SSSR count). The minimum Gasteiger partial charge on any atom is -0.331 e. The molecule has 30 heavy (non-hydrogen) atoms. The zero-order valence-electron chi connectivity index (χ0n) is 17.8. The van der Waals surface area contributed by atoms with Crippen LogP contribution in [0.5, 0.6) is 0 Å². The van der Waals surface area contributed by atoms with Gasteiger partial charge in [0.1, 0.15) is 5.82 Å². The summed E-state index contributed by atoms with van der Waals surface area (Å²) in [4.78, 5) is 26.5. The molecule has 6 heteroatoms. The molecule has 0 unspecified atom stereocenters. The van der Waals surface area contributed by atoms with Crippen LogP contribution in [0.4, 0.5) is 0 Å². The molecule has 0 amide bonds. The van der Waals surface area contributed by atoms with E-state index in [1.54, 1.807) is 0 Å². The summed E-state index contributed by atoms with van der Waals surface area (Å²) in [6.45, 7) is 6.74. The molecule has 0 radical (unpaired) electrons. The van der Waals surface area contributed by atoms with Crippen molar-refractivity contribution in [2.24, 2.45) is 7.05 Å². The summed E-state index contributed by atoms with van der Waals surface area (Å²) >= 11 is 0. The summed E-state index contributed by atoms with van der Waals surface area (Å²) in [5.74, 6) is 1.24. The predicted molar refractivity (Wildman–Crippen MR) is 118 cm³/mol. The van der Waals surface area contributed by atoms with E-state index in [1.807, 2.05) is 26.4 Å². The molecular weight excluding hydrogens is 374 g/mol. The molecular formula is C24H29N5O. The quantitative estimate of drug-likeness (QED) is 0.634. The fourth-order valence-corrected chi connectivity index (χ4v) is 4.45. The van der Waals surface area contributed by atoms with Gasteiger partial charge in [-0.05, 0) is 37.3 Å². The van der Waals surface area contributed by atoms with Gasteiger partial charge < -0.3 is 4.57 Å². The minimum atomic E-state index is 0.250. The molecule has 2 fully saturated rings. The van der Waals surface area contributed by atoms with Crippen LogP contribution in [0.25, 0.3) is 22.0 Å². The number of nitrogens with zero attached hydrogens (tertiary/aromatic N) is 5. The van der Waals surface area contributed by atoms with Crippen LogP contribution in [0.15, 0.2) is 36.7 Å². The average Bonchev–Trinajstić information content (AvgIpc) is 3.54. The monoisotopic (exact) mass is 403 g/mol. The number of Topliss-reactive ketones (excluding diaryl/α,β-unsaturated/α-hetero) is 1. The lowest BCUT2D eigenvalue weighted by atomic mass is 10.0. The van der Waals surface area contributed by atoms with Crippen molar-refractivity contribution >= 4 is 16.6 Å². The van der Waals surface area contributed by atoms with E-state index >= 15 is 0 Å². The van der Waals surface area contributed by atoms with Gasteiger partial charge in [-0.15, -0.1) is 0 Å². The molecule has 1 aromatic carbocycles. The van der Waals surface area contributed by atoms with E-state index in [-0.39, 0.29) is 5.78 Å². The molecule has 156 valence electrons. The van der Waals surface area contributed by atoms with Crippen molar-refractivity contribution < 1.29 is 4.79 Å². The molecule has 1 aliphatic heterocycles. The molecule has 1 aliphatic carbocycles. The van der Waals surface area contributed by atoms with E-state index in [4.69, 9.17) is 0 Å². The first-order valence-electron chi connectivity index (χ1n) is 10.9. The molecule has 0 spiro atoms. The molecule has 2 aliphatic rings. The van der Waals surface area contributed by atoms with Gasteiger partial charge in [-0.1, -0.05) is 12.1 Å². The normalized spacial score (nSPS) is 18.2. The Kier molecular flexibility index (Phi) is 5.13. The molecule has 1 saturated heterocycles. The molecule has 1 saturated carbocycles. The Hall–Kier alpha value is -2.57. The molecule has 3 aromatic rings. The zero-order chi connectivity index (χ0) is 20.7. The molecule has 0 N–H and O–H groups in total. The van der Waals surface area contributed by atoms with Crippen molar-refractivity contribution in [3.8, 4) is 11.3 Å². The highest BCUT2D eigenvalue weighted by Gasteiger charge is 2.31. The maximum Gasteiger partial charge on any atom is 0.152 e. The minimum absolute atomic E-state index is 0.250. The maximum absolute atomic E-state index is 12.7. The highest BCUT2D eigenvalue weighted by atomic mass is 16.1. The van der Waals surface area contributed by atoms with E-state index < -0.39 is 0 Å². The third-order valence-corrected chi connectivity index (χ3v) is 6.54. The predicted octanol–water partition coefficient (Wildman–Crippen LogP) is 2.84. The zero-order valence-corrected chi connectivity index (χ0v) is 17.8. The fourth-order valence-electron chi connectivity index (χ4n) is 4.45. The number of fused-ring (bicyclic) bond motifs is 1. The van der Waals surface area contributed by atoms with Crippen molar-refractivity contribution in [3.05, 3.63) is 48.2 Å². The van der Waals surface area contributed by atoms with Crippen LogP contribution in [-0.2, 0) is 18.3 Å². The lowest BCUT2D eigenvalue weighted by Crippen LogP contribution is -2.48. The van der Waals surface area contributed by atoms with Crippen LogP contribution < -0.4 is 0 Å². The molecule has 0 bridgehead atoms. The Labute approximate surface area is 177 Å². The second kappa shape index (κ2) is 7.93. The smallest absolute Gasteiger partial charge is 0.152 e. The molecule has 0 atom stereocenters. The summed E-state index contributed by atoms with van der Waals surface area (Å²) in [6.07, 6.45) is 6.90. The highest BCUT2D eigenvalue weighted by molar-refractivity contribution is 5.88. The second-order valence-electron chi connectivity index (χ2n) is 8.75. The van der Waals surface area contributed by atoms with Crippen molar-refractivity contribution in [1.29, 1.82) is 0 Å². The van der Waals surface area contributed by atoms with Gasteiger partial charge in [0.15, 0.2) is 5.78 Å². The molecule has 3 heterocycles. The largest absolute Gasteiger partial charge is 0.331 e. The number of hydrogen-bond acceptors (Lipinski definition) is 5.